The molecular weight excluding hydrogens is 444 g/mol. The maximum absolute atomic E-state index is 12.1. The van der Waals surface area contributed by atoms with Crippen molar-refractivity contribution in [2.24, 2.45) is 0 Å². The third-order valence-electron chi connectivity index (χ3n) is 6.04. The number of carbonyl (C=O) groups is 1. The fourth-order valence-corrected chi connectivity index (χ4v) is 4.76. The van der Waals surface area contributed by atoms with Gasteiger partial charge < -0.3 is 19.5 Å². The first kappa shape index (κ1) is 21.9. The van der Waals surface area contributed by atoms with Crippen LogP contribution in [0.1, 0.15) is 39.4 Å². The summed E-state index contributed by atoms with van der Waals surface area (Å²) in [6.07, 6.45) is 3.79. The summed E-state index contributed by atoms with van der Waals surface area (Å²) in [5.41, 5.74) is 5.47. The van der Waals surface area contributed by atoms with Gasteiger partial charge in [0.1, 0.15) is 6.04 Å². The van der Waals surface area contributed by atoms with Gasteiger partial charge >= 0.3 is 5.97 Å². The molecule has 0 radical (unpaired) electrons. The molecule has 7 heteroatoms. The van der Waals surface area contributed by atoms with Crippen molar-refractivity contribution in [3.05, 3.63) is 114 Å². The molecule has 0 saturated carbocycles. The molecular formula is C27H24N4O2S. The van der Waals surface area contributed by atoms with Crippen molar-refractivity contribution < 1.29 is 9.53 Å². The van der Waals surface area contributed by atoms with Gasteiger partial charge in [-0.15, -0.1) is 0 Å². The molecule has 34 heavy (non-hydrogen) atoms. The van der Waals surface area contributed by atoms with E-state index in [1.807, 2.05) is 48.7 Å². The van der Waals surface area contributed by atoms with Gasteiger partial charge in [-0.2, -0.15) is 0 Å². The largest absolute Gasteiger partial charge is 0.465 e. The monoisotopic (exact) mass is 468 g/mol. The highest BCUT2D eigenvalue weighted by atomic mass is 32.1. The number of esters is 1. The van der Waals surface area contributed by atoms with Gasteiger partial charge in [0.25, 0.3) is 0 Å². The molecule has 0 spiro atoms. The normalized spacial score (nSPS) is 17.5. The Labute approximate surface area is 203 Å². The Bertz CT molecular complexity index is 1330. The Balaban J connectivity index is 1.65. The van der Waals surface area contributed by atoms with Crippen molar-refractivity contribution in [3.8, 4) is 5.69 Å². The van der Waals surface area contributed by atoms with E-state index in [9.17, 15) is 4.79 Å². The third-order valence-corrected chi connectivity index (χ3v) is 6.35. The lowest BCUT2D eigenvalue weighted by Crippen LogP contribution is -2.30. The van der Waals surface area contributed by atoms with Crippen LogP contribution in [0.5, 0.6) is 0 Å². The van der Waals surface area contributed by atoms with E-state index in [2.05, 4.69) is 57.0 Å². The Morgan fingerprint density at radius 2 is 1.82 bits per heavy atom. The van der Waals surface area contributed by atoms with E-state index in [1.54, 1.807) is 12.3 Å². The average Bonchev–Trinajstić information content (AvgIpc) is 3.49. The molecule has 0 unspecified atom stereocenters. The molecule has 1 fully saturated rings. The van der Waals surface area contributed by atoms with Crippen LogP contribution in [-0.2, 0) is 4.74 Å². The van der Waals surface area contributed by atoms with E-state index >= 15 is 0 Å². The lowest BCUT2D eigenvalue weighted by atomic mass is 10.0. The van der Waals surface area contributed by atoms with Crippen LogP contribution in [-0.4, -0.2) is 27.7 Å². The molecule has 1 saturated heterocycles. The van der Waals surface area contributed by atoms with Gasteiger partial charge in [-0.05, 0) is 73.7 Å². The second-order valence-electron chi connectivity index (χ2n) is 8.18. The minimum Gasteiger partial charge on any atom is -0.465 e. The Morgan fingerprint density at radius 1 is 1.00 bits per heavy atom. The fourth-order valence-electron chi connectivity index (χ4n) is 4.41. The number of hydrogen-bond acceptors (Lipinski definition) is 4. The zero-order valence-corrected chi connectivity index (χ0v) is 19.7. The van der Waals surface area contributed by atoms with Gasteiger partial charge in [0.05, 0.1) is 24.4 Å². The van der Waals surface area contributed by atoms with Crippen molar-refractivity contribution in [1.82, 2.24) is 14.9 Å². The average molecular weight is 469 g/mol. The zero-order chi connectivity index (χ0) is 23.7. The summed E-state index contributed by atoms with van der Waals surface area (Å²) in [7, 11) is 1.39. The number of aromatic nitrogens is 2. The predicted octanol–water partition coefficient (Wildman–Crippen LogP) is 5.14. The number of nitrogens with one attached hydrogen (secondary N) is 1. The fraction of sp³-hybridized carbons (Fsp3) is 0.148. The first-order valence-electron chi connectivity index (χ1n) is 11.0. The lowest BCUT2D eigenvalue weighted by Gasteiger charge is -2.29. The van der Waals surface area contributed by atoms with Crippen LogP contribution in [0.3, 0.4) is 0 Å². The molecule has 2 atom stereocenters. The molecule has 0 aliphatic carbocycles. The van der Waals surface area contributed by atoms with Gasteiger partial charge in [-0.25, -0.2) is 4.79 Å². The number of pyridine rings is 1. The van der Waals surface area contributed by atoms with Gasteiger partial charge in [0.2, 0.25) is 0 Å². The Kier molecular flexibility index (Phi) is 5.86. The number of ether oxygens (including phenoxy) is 1. The second-order valence-corrected chi connectivity index (χ2v) is 8.56. The molecule has 4 aromatic rings. The van der Waals surface area contributed by atoms with E-state index in [4.69, 9.17) is 17.0 Å². The summed E-state index contributed by atoms with van der Waals surface area (Å²) >= 11 is 5.83. The third kappa shape index (κ3) is 3.95. The smallest absolute Gasteiger partial charge is 0.337 e. The SMILES string of the molecule is COC(=O)c1cccc(-n2cccc2[C@H]2[C@@H](c3ccccn3)NC(=S)N2c2ccc(C)cc2)c1. The summed E-state index contributed by atoms with van der Waals surface area (Å²) in [6, 6.07) is 25.4. The molecule has 0 amide bonds. The van der Waals surface area contributed by atoms with Gasteiger partial charge in [0, 0.05) is 29.5 Å². The Morgan fingerprint density at radius 3 is 2.56 bits per heavy atom. The highest BCUT2D eigenvalue weighted by molar-refractivity contribution is 7.80. The van der Waals surface area contributed by atoms with Crippen LogP contribution < -0.4 is 10.2 Å². The molecule has 0 bridgehead atoms. The van der Waals surface area contributed by atoms with Crippen LogP contribution in [0.2, 0.25) is 0 Å². The number of nitrogens with zero attached hydrogens (tertiary/aromatic N) is 3. The van der Waals surface area contributed by atoms with E-state index in [0.29, 0.717) is 10.7 Å². The van der Waals surface area contributed by atoms with Crippen molar-refractivity contribution >= 4 is 29.0 Å². The highest BCUT2D eigenvalue weighted by Gasteiger charge is 2.42. The summed E-state index contributed by atoms with van der Waals surface area (Å²) < 4.78 is 7.01. The lowest BCUT2D eigenvalue weighted by molar-refractivity contribution is 0.0600. The Hall–Kier alpha value is -3.97. The number of aryl methyl sites for hydroxylation is 1. The van der Waals surface area contributed by atoms with E-state index in [-0.39, 0.29) is 18.1 Å². The van der Waals surface area contributed by atoms with E-state index in [0.717, 1.165) is 22.8 Å². The minimum atomic E-state index is -0.369. The van der Waals surface area contributed by atoms with Crippen LogP contribution in [0.4, 0.5) is 5.69 Å². The van der Waals surface area contributed by atoms with Crippen molar-refractivity contribution in [2.45, 2.75) is 19.0 Å². The van der Waals surface area contributed by atoms with Gasteiger partial charge in [-0.3, -0.25) is 4.98 Å². The molecule has 3 heterocycles. The van der Waals surface area contributed by atoms with Crippen molar-refractivity contribution in [1.29, 1.82) is 0 Å². The highest BCUT2D eigenvalue weighted by Crippen LogP contribution is 2.42. The summed E-state index contributed by atoms with van der Waals surface area (Å²) in [4.78, 5) is 18.9. The number of anilines is 1. The summed E-state index contributed by atoms with van der Waals surface area (Å²) in [5, 5.41) is 4.14. The predicted molar refractivity (Wildman–Crippen MR) is 136 cm³/mol. The molecule has 2 aromatic heterocycles. The zero-order valence-electron chi connectivity index (χ0n) is 18.9. The van der Waals surface area contributed by atoms with Crippen molar-refractivity contribution in [2.75, 3.05) is 12.0 Å². The minimum absolute atomic E-state index is 0.160. The molecule has 170 valence electrons. The van der Waals surface area contributed by atoms with Gasteiger partial charge in [0.15, 0.2) is 5.11 Å². The van der Waals surface area contributed by atoms with Gasteiger partial charge in [-0.1, -0.05) is 29.8 Å². The van der Waals surface area contributed by atoms with E-state index in [1.165, 1.54) is 12.7 Å². The molecule has 1 N–H and O–H groups in total. The maximum Gasteiger partial charge on any atom is 0.337 e. The quantitative estimate of drug-likeness (QED) is 0.323. The number of rotatable bonds is 5. The molecule has 5 rings (SSSR count). The van der Waals surface area contributed by atoms with Crippen molar-refractivity contribution in [3.63, 3.8) is 0 Å². The summed E-state index contributed by atoms with van der Waals surface area (Å²) in [5.74, 6) is -0.369. The first-order chi connectivity index (χ1) is 16.6. The molecule has 2 aromatic carbocycles. The number of hydrogen-bond donors (Lipinski definition) is 1. The number of benzene rings is 2. The topological polar surface area (TPSA) is 59.4 Å². The molecule has 6 nitrogen and oxygen atoms in total. The standard InChI is InChI=1S/C27H24N4O2S/c1-18-11-13-20(14-12-18)31-25(24(29-27(31)34)22-9-3-4-15-28-22)23-10-6-16-30(23)21-8-5-7-19(17-21)26(32)33-2/h3-17,24-25H,1-2H3,(H,29,34)/t24-,25+/m1/s1. The number of methoxy groups -OCH3 is 1. The van der Waals surface area contributed by atoms with E-state index < -0.39 is 0 Å². The number of carbonyl (C=O) groups excluding carboxylic acids is 1. The second kappa shape index (κ2) is 9.11. The van der Waals surface area contributed by atoms with Crippen LogP contribution in [0.15, 0.2) is 91.3 Å². The maximum atomic E-state index is 12.1. The summed E-state index contributed by atoms with van der Waals surface area (Å²) in [6.45, 7) is 2.07. The first-order valence-corrected chi connectivity index (χ1v) is 11.4. The van der Waals surface area contributed by atoms with Crippen LogP contribution in [0, 0.1) is 6.92 Å². The number of thiocarbonyl (C=S) groups is 1. The van der Waals surface area contributed by atoms with Crippen LogP contribution in [0.25, 0.3) is 5.69 Å². The van der Waals surface area contributed by atoms with Crippen LogP contribution >= 0.6 is 12.2 Å². The molecule has 1 aliphatic heterocycles. The molecule has 1 aliphatic rings.